The molecule has 0 spiro atoms. The molecule has 2 rings (SSSR count). The lowest BCUT2D eigenvalue weighted by Crippen LogP contribution is -2.44. The fraction of sp³-hybridized carbons (Fsp3) is 0.714. The lowest BCUT2D eigenvalue weighted by molar-refractivity contribution is 0.240. The van der Waals surface area contributed by atoms with E-state index in [-0.39, 0.29) is 12.1 Å². The quantitative estimate of drug-likeness (QED) is 0.830. The van der Waals surface area contributed by atoms with Crippen LogP contribution >= 0.6 is 27.3 Å². The Kier molecular flexibility index (Phi) is 5.87. The summed E-state index contributed by atoms with van der Waals surface area (Å²) in [4.78, 5) is 1.29. The second-order valence-electron chi connectivity index (χ2n) is 5.66. The van der Waals surface area contributed by atoms with Crippen LogP contribution in [0.4, 0.5) is 0 Å². The summed E-state index contributed by atoms with van der Waals surface area (Å²) in [7, 11) is -3.42. The van der Waals surface area contributed by atoms with Crippen molar-refractivity contribution < 1.29 is 8.42 Å². The van der Waals surface area contributed by atoms with E-state index in [1.54, 1.807) is 10.4 Å². The van der Waals surface area contributed by atoms with Crippen LogP contribution < -0.4 is 5.73 Å². The minimum absolute atomic E-state index is 0.0906. The third-order valence-corrected chi connectivity index (χ3v) is 7.78. The van der Waals surface area contributed by atoms with E-state index in [2.05, 4.69) is 15.9 Å². The first-order chi connectivity index (χ1) is 9.86. The molecule has 4 nitrogen and oxygen atoms in total. The van der Waals surface area contributed by atoms with Crippen LogP contribution in [0.1, 0.15) is 43.9 Å². The van der Waals surface area contributed by atoms with Gasteiger partial charge in [-0.2, -0.15) is 4.31 Å². The number of rotatable bonds is 5. The highest BCUT2D eigenvalue weighted by molar-refractivity contribution is 9.11. The molecule has 120 valence electrons. The highest BCUT2D eigenvalue weighted by Crippen LogP contribution is 2.34. The number of nitrogens with zero attached hydrogens (tertiary/aromatic N) is 1. The molecule has 0 aromatic carbocycles. The Bertz CT molecular complexity index is 578. The Balaban J connectivity index is 2.30. The van der Waals surface area contributed by atoms with Gasteiger partial charge in [0.2, 0.25) is 10.0 Å². The summed E-state index contributed by atoms with van der Waals surface area (Å²) in [6.07, 6.45) is 4.38. The van der Waals surface area contributed by atoms with E-state index in [9.17, 15) is 8.42 Å². The second kappa shape index (κ2) is 7.08. The summed E-state index contributed by atoms with van der Waals surface area (Å²) in [5, 5.41) is 0. The first-order valence-electron chi connectivity index (χ1n) is 7.39. The van der Waals surface area contributed by atoms with Crippen LogP contribution in [0.15, 0.2) is 14.7 Å². The zero-order valence-electron chi connectivity index (χ0n) is 12.5. The second-order valence-corrected chi connectivity index (χ2v) is 10.1. The van der Waals surface area contributed by atoms with Crippen molar-refractivity contribution in [3.8, 4) is 0 Å². The summed E-state index contributed by atoms with van der Waals surface area (Å²) in [6, 6.07) is 2.05. The van der Waals surface area contributed by atoms with Gasteiger partial charge in [-0.25, -0.2) is 8.42 Å². The van der Waals surface area contributed by atoms with Crippen molar-refractivity contribution >= 4 is 37.3 Å². The topological polar surface area (TPSA) is 63.4 Å². The first-order valence-corrected chi connectivity index (χ1v) is 10.4. The predicted octanol–water partition coefficient (Wildman–Crippen LogP) is 3.49. The minimum atomic E-state index is -3.42. The lowest BCUT2D eigenvalue weighted by atomic mass is 9.92. The Morgan fingerprint density at radius 3 is 2.48 bits per heavy atom. The van der Waals surface area contributed by atoms with E-state index < -0.39 is 10.0 Å². The van der Waals surface area contributed by atoms with Gasteiger partial charge in [0.15, 0.2) is 0 Å². The molecule has 0 atom stereocenters. The predicted molar refractivity (Wildman–Crippen MR) is 91.2 cm³/mol. The maximum Gasteiger partial charge on any atom is 0.244 e. The van der Waals surface area contributed by atoms with E-state index in [1.165, 1.54) is 11.3 Å². The number of hydrogen-bond acceptors (Lipinski definition) is 4. The highest BCUT2D eigenvalue weighted by Gasteiger charge is 2.34. The summed E-state index contributed by atoms with van der Waals surface area (Å²) < 4.78 is 28.6. The summed E-state index contributed by atoms with van der Waals surface area (Å²) in [5.41, 5.74) is 5.95. The monoisotopic (exact) mass is 394 g/mol. The van der Waals surface area contributed by atoms with Crippen LogP contribution in [0.3, 0.4) is 0 Å². The Morgan fingerprint density at radius 1 is 1.38 bits per heavy atom. The molecule has 1 heterocycles. The van der Waals surface area contributed by atoms with E-state index in [4.69, 9.17) is 5.73 Å². The van der Waals surface area contributed by atoms with Crippen molar-refractivity contribution in [3.63, 3.8) is 0 Å². The molecule has 1 aromatic rings. The Hall–Kier alpha value is 0.0500. The SMILES string of the molecule is CCCN(C1CCC(N)CC1)S(=O)(=O)c1cc(Br)sc1C. The maximum absolute atomic E-state index is 13.0. The molecule has 1 aromatic heterocycles. The van der Waals surface area contributed by atoms with Crippen LogP contribution in [0, 0.1) is 6.92 Å². The zero-order valence-corrected chi connectivity index (χ0v) is 15.7. The van der Waals surface area contributed by atoms with Crippen LogP contribution in [-0.2, 0) is 10.0 Å². The van der Waals surface area contributed by atoms with Crippen molar-refractivity contribution in [3.05, 3.63) is 14.7 Å². The number of halogens is 1. The Labute approximate surface area is 139 Å². The molecule has 1 aliphatic rings. The minimum Gasteiger partial charge on any atom is -0.328 e. The van der Waals surface area contributed by atoms with E-state index in [1.807, 2.05) is 13.8 Å². The molecule has 1 fully saturated rings. The molecular formula is C14H23BrN2O2S2. The van der Waals surface area contributed by atoms with E-state index in [0.29, 0.717) is 11.4 Å². The lowest BCUT2D eigenvalue weighted by Gasteiger charge is -2.35. The fourth-order valence-electron chi connectivity index (χ4n) is 2.92. The summed E-state index contributed by atoms with van der Waals surface area (Å²) in [6.45, 7) is 4.46. The maximum atomic E-state index is 13.0. The highest BCUT2D eigenvalue weighted by atomic mass is 79.9. The van der Waals surface area contributed by atoms with Gasteiger partial charge in [-0.3, -0.25) is 0 Å². The molecule has 0 saturated heterocycles. The van der Waals surface area contributed by atoms with Crippen LogP contribution in [0.5, 0.6) is 0 Å². The van der Waals surface area contributed by atoms with E-state index >= 15 is 0 Å². The van der Waals surface area contributed by atoms with Crippen LogP contribution in [-0.4, -0.2) is 31.4 Å². The van der Waals surface area contributed by atoms with Gasteiger partial charge >= 0.3 is 0 Å². The van der Waals surface area contributed by atoms with Gasteiger partial charge in [-0.15, -0.1) is 11.3 Å². The molecule has 21 heavy (non-hydrogen) atoms. The van der Waals surface area contributed by atoms with Crippen LogP contribution in [0.25, 0.3) is 0 Å². The summed E-state index contributed by atoms with van der Waals surface area (Å²) in [5.74, 6) is 0. The van der Waals surface area contributed by atoms with Gasteiger partial charge in [0.05, 0.1) is 8.68 Å². The van der Waals surface area contributed by atoms with Crippen molar-refractivity contribution in [2.75, 3.05) is 6.54 Å². The zero-order chi connectivity index (χ0) is 15.6. The van der Waals surface area contributed by atoms with Crippen LogP contribution in [0.2, 0.25) is 0 Å². The number of sulfonamides is 1. The third kappa shape index (κ3) is 3.88. The van der Waals surface area contributed by atoms with Gasteiger partial charge in [-0.1, -0.05) is 6.92 Å². The molecule has 0 amide bonds. The molecule has 1 aliphatic carbocycles. The van der Waals surface area contributed by atoms with Gasteiger partial charge < -0.3 is 5.73 Å². The standard InChI is InChI=1S/C14H23BrN2O2S2/c1-3-8-17(12-6-4-11(16)5-7-12)21(18,19)13-9-14(15)20-10(13)2/h9,11-12H,3-8,16H2,1-2H3. The molecule has 0 radical (unpaired) electrons. The summed E-state index contributed by atoms with van der Waals surface area (Å²) >= 11 is 4.86. The van der Waals surface area contributed by atoms with Crippen molar-refractivity contribution in [1.29, 1.82) is 0 Å². The molecule has 0 bridgehead atoms. The van der Waals surface area contributed by atoms with Gasteiger partial charge in [-0.05, 0) is 61.0 Å². The molecular weight excluding hydrogens is 372 g/mol. The molecule has 0 aliphatic heterocycles. The molecule has 1 saturated carbocycles. The molecule has 7 heteroatoms. The van der Waals surface area contributed by atoms with E-state index in [0.717, 1.165) is 40.8 Å². The van der Waals surface area contributed by atoms with Gasteiger partial charge in [0.1, 0.15) is 0 Å². The molecule has 0 unspecified atom stereocenters. The average molecular weight is 395 g/mol. The Morgan fingerprint density at radius 2 is 2.00 bits per heavy atom. The normalized spacial score (nSPS) is 23.7. The van der Waals surface area contributed by atoms with Crippen molar-refractivity contribution in [2.24, 2.45) is 5.73 Å². The number of aryl methyl sites for hydroxylation is 1. The number of thiophene rings is 1. The average Bonchev–Trinajstić information content (AvgIpc) is 2.77. The van der Waals surface area contributed by atoms with Gasteiger partial charge in [0, 0.05) is 23.5 Å². The third-order valence-electron chi connectivity index (χ3n) is 4.02. The first kappa shape index (κ1) is 17.4. The largest absolute Gasteiger partial charge is 0.328 e. The smallest absolute Gasteiger partial charge is 0.244 e. The fourth-order valence-corrected chi connectivity index (χ4v) is 7.08. The number of nitrogens with two attached hydrogens (primary N) is 1. The van der Waals surface area contributed by atoms with Crippen molar-refractivity contribution in [2.45, 2.75) is 62.9 Å². The number of hydrogen-bond donors (Lipinski definition) is 1. The van der Waals surface area contributed by atoms with Gasteiger partial charge in [0.25, 0.3) is 0 Å². The van der Waals surface area contributed by atoms with Crippen molar-refractivity contribution in [1.82, 2.24) is 4.31 Å². The molecule has 2 N–H and O–H groups in total.